The minimum Gasteiger partial charge on any atom is -0.350 e. The molecule has 0 aliphatic rings. The topological polar surface area (TPSA) is 84.7 Å². The van der Waals surface area contributed by atoms with Gasteiger partial charge in [-0.25, -0.2) is 4.79 Å². The summed E-state index contributed by atoms with van der Waals surface area (Å²) in [6.45, 7) is 5.55. The smallest absolute Gasteiger partial charge is 0.332 e. The van der Waals surface area contributed by atoms with E-state index in [0.29, 0.717) is 17.1 Å². The highest BCUT2D eigenvalue weighted by atomic mass is 16.2. The Kier molecular flexibility index (Phi) is 2.82. The Morgan fingerprint density at radius 1 is 1.39 bits per heavy atom. The molecule has 0 saturated heterocycles. The van der Waals surface area contributed by atoms with E-state index < -0.39 is 5.69 Å². The van der Waals surface area contributed by atoms with E-state index in [9.17, 15) is 9.59 Å². The number of fused-ring (bicyclic) bond motifs is 1. The fourth-order valence-corrected chi connectivity index (χ4v) is 1.67. The van der Waals surface area contributed by atoms with E-state index >= 15 is 0 Å². The van der Waals surface area contributed by atoms with Crippen LogP contribution in [0.25, 0.3) is 11.2 Å². The molecule has 2 rings (SSSR count). The van der Waals surface area contributed by atoms with Crippen LogP contribution in [0.2, 0.25) is 0 Å². The molecule has 0 spiro atoms. The van der Waals surface area contributed by atoms with Crippen LogP contribution in [0.3, 0.4) is 0 Å². The fraction of sp³-hybridized carbons (Fsp3) is 0.364. The number of aromatic amines is 1. The number of nitrogens with zero attached hydrogens (tertiary/aromatic N) is 3. The van der Waals surface area contributed by atoms with E-state index in [0.717, 1.165) is 4.57 Å². The number of rotatable bonds is 3. The summed E-state index contributed by atoms with van der Waals surface area (Å²) >= 11 is 0. The molecule has 1 unspecified atom stereocenters. The van der Waals surface area contributed by atoms with Crippen LogP contribution in [0.15, 0.2) is 22.2 Å². The van der Waals surface area contributed by atoms with E-state index in [1.165, 1.54) is 11.6 Å². The monoisotopic (exact) mass is 249 g/mol. The molecule has 2 N–H and O–H groups in total. The van der Waals surface area contributed by atoms with E-state index in [2.05, 4.69) is 21.9 Å². The quantitative estimate of drug-likeness (QED) is 0.747. The molecular formula is C11H15N5O2. The lowest BCUT2D eigenvalue weighted by Crippen LogP contribution is -2.36. The lowest BCUT2D eigenvalue weighted by molar-refractivity contribution is 0.709. The van der Waals surface area contributed by atoms with Crippen LogP contribution in [0.5, 0.6) is 0 Å². The summed E-state index contributed by atoms with van der Waals surface area (Å²) in [4.78, 5) is 30.7. The Balaban J connectivity index is 2.69. The number of hydrogen-bond donors (Lipinski definition) is 2. The second-order valence-electron chi connectivity index (χ2n) is 4.16. The molecule has 0 bridgehead atoms. The molecular weight excluding hydrogens is 234 g/mol. The van der Waals surface area contributed by atoms with Gasteiger partial charge in [0.05, 0.1) is 0 Å². The molecule has 2 heterocycles. The van der Waals surface area contributed by atoms with Crippen molar-refractivity contribution in [2.75, 3.05) is 5.32 Å². The Morgan fingerprint density at radius 2 is 2.06 bits per heavy atom. The number of aromatic nitrogens is 4. The fourth-order valence-electron chi connectivity index (χ4n) is 1.67. The van der Waals surface area contributed by atoms with Gasteiger partial charge in [-0.1, -0.05) is 6.08 Å². The third-order valence-corrected chi connectivity index (χ3v) is 2.81. The Labute approximate surface area is 103 Å². The van der Waals surface area contributed by atoms with E-state index in [-0.39, 0.29) is 11.6 Å². The minimum absolute atomic E-state index is 0.00597. The number of H-pyrrole nitrogens is 1. The second-order valence-corrected chi connectivity index (χ2v) is 4.16. The molecule has 7 nitrogen and oxygen atoms in total. The predicted molar refractivity (Wildman–Crippen MR) is 69.9 cm³/mol. The van der Waals surface area contributed by atoms with Crippen LogP contribution in [-0.2, 0) is 14.1 Å². The van der Waals surface area contributed by atoms with Crippen molar-refractivity contribution in [2.24, 2.45) is 14.1 Å². The van der Waals surface area contributed by atoms with Crippen molar-refractivity contribution in [3.05, 3.63) is 33.5 Å². The number of nitrogens with one attached hydrogen (secondary N) is 2. The number of hydrogen-bond acceptors (Lipinski definition) is 4. The SMILES string of the molecule is C=CC(C)Nc1nc2c([nH]1)c(=O)n(C)c(=O)n2C. The highest BCUT2D eigenvalue weighted by Gasteiger charge is 2.13. The molecule has 2 aromatic rings. The number of aryl methyl sites for hydroxylation is 1. The zero-order chi connectivity index (χ0) is 13.4. The van der Waals surface area contributed by atoms with Crippen molar-refractivity contribution >= 4 is 17.1 Å². The Morgan fingerprint density at radius 3 is 2.67 bits per heavy atom. The molecule has 0 aliphatic carbocycles. The van der Waals surface area contributed by atoms with Crippen molar-refractivity contribution in [3.8, 4) is 0 Å². The first kappa shape index (κ1) is 12.2. The molecule has 0 amide bonds. The summed E-state index contributed by atoms with van der Waals surface area (Å²) in [6, 6.07) is 0.00597. The van der Waals surface area contributed by atoms with Crippen molar-refractivity contribution in [1.29, 1.82) is 0 Å². The van der Waals surface area contributed by atoms with Gasteiger partial charge in [0.1, 0.15) is 0 Å². The highest BCUT2D eigenvalue weighted by Crippen LogP contribution is 2.09. The largest absolute Gasteiger partial charge is 0.350 e. The van der Waals surface area contributed by atoms with Gasteiger partial charge >= 0.3 is 5.69 Å². The van der Waals surface area contributed by atoms with Gasteiger partial charge in [-0.3, -0.25) is 13.9 Å². The third kappa shape index (κ3) is 1.73. The predicted octanol–water partition coefficient (Wildman–Crippen LogP) is -0.0533. The van der Waals surface area contributed by atoms with Crippen molar-refractivity contribution in [1.82, 2.24) is 19.1 Å². The van der Waals surface area contributed by atoms with E-state index in [1.54, 1.807) is 13.1 Å². The van der Waals surface area contributed by atoms with Gasteiger partial charge in [-0.15, -0.1) is 6.58 Å². The van der Waals surface area contributed by atoms with E-state index in [1.807, 2.05) is 6.92 Å². The maximum absolute atomic E-state index is 11.9. The molecule has 0 saturated carbocycles. The van der Waals surface area contributed by atoms with Gasteiger partial charge < -0.3 is 10.3 Å². The van der Waals surface area contributed by atoms with Crippen LogP contribution in [0, 0.1) is 0 Å². The van der Waals surface area contributed by atoms with Crippen LogP contribution in [0.1, 0.15) is 6.92 Å². The maximum Gasteiger partial charge on any atom is 0.332 e. The van der Waals surface area contributed by atoms with Crippen LogP contribution in [0.4, 0.5) is 5.95 Å². The first-order chi connectivity index (χ1) is 8.45. The van der Waals surface area contributed by atoms with Gasteiger partial charge in [0.15, 0.2) is 11.2 Å². The average molecular weight is 249 g/mol. The molecule has 0 fully saturated rings. The molecule has 0 radical (unpaired) electrons. The van der Waals surface area contributed by atoms with Gasteiger partial charge in [0, 0.05) is 20.1 Å². The molecule has 7 heteroatoms. The molecule has 18 heavy (non-hydrogen) atoms. The molecule has 2 aromatic heterocycles. The summed E-state index contributed by atoms with van der Waals surface area (Å²) < 4.78 is 2.37. The van der Waals surface area contributed by atoms with Gasteiger partial charge in [0.2, 0.25) is 5.95 Å². The van der Waals surface area contributed by atoms with Crippen LogP contribution < -0.4 is 16.6 Å². The van der Waals surface area contributed by atoms with Crippen LogP contribution >= 0.6 is 0 Å². The van der Waals surface area contributed by atoms with Crippen molar-refractivity contribution < 1.29 is 0 Å². The summed E-state index contributed by atoms with van der Waals surface area (Å²) in [5, 5.41) is 3.03. The summed E-state index contributed by atoms with van der Waals surface area (Å²) in [6.07, 6.45) is 1.71. The van der Waals surface area contributed by atoms with Gasteiger partial charge in [-0.05, 0) is 6.92 Å². The van der Waals surface area contributed by atoms with Crippen LogP contribution in [-0.4, -0.2) is 25.1 Å². The minimum atomic E-state index is -0.401. The van der Waals surface area contributed by atoms with Gasteiger partial charge in [0.25, 0.3) is 5.56 Å². The lowest BCUT2D eigenvalue weighted by Gasteiger charge is -2.05. The molecule has 0 aliphatic heterocycles. The maximum atomic E-state index is 11.9. The van der Waals surface area contributed by atoms with Crippen molar-refractivity contribution in [2.45, 2.75) is 13.0 Å². The highest BCUT2D eigenvalue weighted by molar-refractivity contribution is 5.72. The zero-order valence-corrected chi connectivity index (χ0v) is 10.5. The van der Waals surface area contributed by atoms with E-state index in [4.69, 9.17) is 0 Å². The average Bonchev–Trinajstić information content (AvgIpc) is 2.77. The normalized spacial score (nSPS) is 12.6. The summed E-state index contributed by atoms with van der Waals surface area (Å²) in [5.74, 6) is 0.440. The molecule has 1 atom stereocenters. The molecule has 96 valence electrons. The standard InChI is InChI=1S/C11H15N5O2/c1-5-6(2)12-10-13-7-8(14-10)15(3)11(18)16(4)9(7)17/h5-6H,1H2,2-4H3,(H2,12,13,14). The van der Waals surface area contributed by atoms with Crippen molar-refractivity contribution in [3.63, 3.8) is 0 Å². The Hall–Kier alpha value is -2.31. The number of anilines is 1. The summed E-state index contributed by atoms with van der Waals surface area (Å²) in [7, 11) is 3.01. The first-order valence-corrected chi connectivity index (χ1v) is 5.50. The first-order valence-electron chi connectivity index (χ1n) is 5.50. The number of imidazole rings is 1. The second kappa shape index (κ2) is 4.17. The lowest BCUT2D eigenvalue weighted by atomic mass is 10.3. The third-order valence-electron chi connectivity index (χ3n) is 2.81. The summed E-state index contributed by atoms with van der Waals surface area (Å²) in [5.41, 5.74) is -0.151. The Bertz CT molecular complexity index is 721. The zero-order valence-electron chi connectivity index (χ0n) is 10.5. The van der Waals surface area contributed by atoms with Gasteiger partial charge in [-0.2, -0.15) is 4.98 Å². The molecule has 0 aromatic carbocycles.